The Hall–Kier alpha value is -1.81. The predicted molar refractivity (Wildman–Crippen MR) is 99.4 cm³/mol. The van der Waals surface area contributed by atoms with Crippen LogP contribution in [0.3, 0.4) is 0 Å². The highest BCUT2D eigenvalue weighted by atomic mass is 79.9. The Morgan fingerprint density at radius 3 is 2.65 bits per heavy atom. The van der Waals surface area contributed by atoms with Gasteiger partial charge >= 0.3 is 5.97 Å². The number of halogens is 1. The van der Waals surface area contributed by atoms with Crippen LogP contribution in [0.5, 0.6) is 0 Å². The first kappa shape index (κ1) is 19.0. The number of carboxylic acids is 1. The Labute approximate surface area is 163 Å². The molecular formula is C16H19BrN4O4S. The summed E-state index contributed by atoms with van der Waals surface area (Å²) in [4.78, 5) is 37.3. The van der Waals surface area contributed by atoms with Crippen LogP contribution in [-0.2, 0) is 20.9 Å². The average molecular weight is 443 g/mol. The molecule has 0 radical (unpaired) electrons. The molecule has 1 fully saturated rings. The third-order valence-electron chi connectivity index (χ3n) is 4.52. The van der Waals surface area contributed by atoms with Crippen LogP contribution in [0.15, 0.2) is 15.7 Å². The minimum Gasteiger partial charge on any atom is -0.477 e. The molecule has 2 N–H and O–H groups in total. The van der Waals surface area contributed by atoms with Crippen molar-refractivity contribution in [3.8, 4) is 0 Å². The van der Waals surface area contributed by atoms with Crippen molar-refractivity contribution in [2.75, 3.05) is 5.75 Å². The molecular weight excluding hydrogens is 424 g/mol. The summed E-state index contributed by atoms with van der Waals surface area (Å²) in [6, 6.07) is -0.679. The molecule has 8 nitrogen and oxygen atoms in total. The Morgan fingerprint density at radius 1 is 1.38 bits per heavy atom. The molecule has 0 bridgehead atoms. The van der Waals surface area contributed by atoms with Gasteiger partial charge in [-0.3, -0.25) is 19.2 Å². The van der Waals surface area contributed by atoms with Gasteiger partial charge in [-0.15, -0.1) is 11.8 Å². The number of carbonyl (C=O) groups is 3. The van der Waals surface area contributed by atoms with Crippen molar-refractivity contribution >= 4 is 45.5 Å². The molecule has 2 aliphatic heterocycles. The van der Waals surface area contributed by atoms with Crippen LogP contribution >= 0.6 is 27.7 Å². The van der Waals surface area contributed by atoms with E-state index in [1.807, 2.05) is 13.8 Å². The SMILES string of the molecule is CC1=C(C(=O)O)N2C(=O)C(NC(=O)CCn3nc(C)c(Br)c3C)C2SC1. The molecule has 2 aliphatic rings. The standard InChI is InChI=1S/C16H19BrN4O4S/c1-7-6-26-15-12(14(23)21(15)13(7)16(24)25)18-10(22)4-5-20-9(3)11(17)8(2)19-20/h12,15H,4-6H2,1-3H3,(H,18,22)(H,24,25). The number of thioether (sulfide) groups is 1. The summed E-state index contributed by atoms with van der Waals surface area (Å²) in [5.41, 5.74) is 2.49. The molecule has 1 aromatic rings. The fourth-order valence-corrected chi connectivity index (χ4v) is 4.70. The largest absolute Gasteiger partial charge is 0.477 e. The van der Waals surface area contributed by atoms with E-state index in [1.165, 1.54) is 16.7 Å². The summed E-state index contributed by atoms with van der Waals surface area (Å²) in [5.74, 6) is -1.21. The molecule has 0 spiro atoms. The zero-order valence-corrected chi connectivity index (χ0v) is 17.0. The highest BCUT2D eigenvalue weighted by molar-refractivity contribution is 9.10. The van der Waals surface area contributed by atoms with Gasteiger partial charge in [-0.2, -0.15) is 5.10 Å². The minimum atomic E-state index is -1.11. The van der Waals surface area contributed by atoms with Crippen LogP contribution < -0.4 is 5.32 Å². The lowest BCUT2D eigenvalue weighted by molar-refractivity contribution is -0.150. The Bertz CT molecular complexity index is 834. The average Bonchev–Trinajstić information content (AvgIpc) is 2.84. The number of aryl methyl sites for hydroxylation is 2. The number of carbonyl (C=O) groups excluding carboxylic acids is 2. The molecule has 140 valence electrons. The minimum absolute atomic E-state index is 0.0386. The summed E-state index contributed by atoms with van der Waals surface area (Å²) >= 11 is 4.91. The van der Waals surface area contributed by atoms with Crippen LogP contribution in [0.4, 0.5) is 0 Å². The van der Waals surface area contributed by atoms with Crippen LogP contribution in [0.2, 0.25) is 0 Å². The number of aromatic nitrogens is 2. The molecule has 2 amide bonds. The molecule has 3 rings (SSSR count). The van der Waals surface area contributed by atoms with E-state index >= 15 is 0 Å². The molecule has 10 heteroatoms. The van der Waals surface area contributed by atoms with Gasteiger partial charge in [0.1, 0.15) is 17.1 Å². The van der Waals surface area contributed by atoms with E-state index < -0.39 is 12.0 Å². The Balaban J connectivity index is 1.60. The number of carboxylic acid groups (broad SMARTS) is 1. The summed E-state index contributed by atoms with van der Waals surface area (Å²) in [6.45, 7) is 5.91. The molecule has 0 aliphatic carbocycles. The van der Waals surface area contributed by atoms with E-state index in [9.17, 15) is 19.5 Å². The van der Waals surface area contributed by atoms with E-state index in [0.717, 1.165) is 15.9 Å². The maximum absolute atomic E-state index is 12.3. The third kappa shape index (κ3) is 3.16. The molecule has 1 saturated heterocycles. The lowest BCUT2D eigenvalue weighted by Gasteiger charge is -2.49. The summed E-state index contributed by atoms with van der Waals surface area (Å²) < 4.78 is 2.67. The van der Waals surface area contributed by atoms with E-state index in [1.54, 1.807) is 11.6 Å². The van der Waals surface area contributed by atoms with Crippen LogP contribution in [0, 0.1) is 13.8 Å². The molecule has 0 saturated carbocycles. The Morgan fingerprint density at radius 2 is 2.08 bits per heavy atom. The number of nitrogens with zero attached hydrogens (tertiary/aromatic N) is 3. The van der Waals surface area contributed by atoms with Gasteiger partial charge < -0.3 is 10.4 Å². The predicted octanol–water partition coefficient (Wildman–Crippen LogP) is 1.41. The van der Waals surface area contributed by atoms with Crippen molar-refractivity contribution in [2.24, 2.45) is 0 Å². The maximum Gasteiger partial charge on any atom is 0.352 e. The van der Waals surface area contributed by atoms with Gasteiger partial charge in [0.05, 0.1) is 16.7 Å². The number of fused-ring (bicyclic) bond motifs is 1. The number of rotatable bonds is 5. The van der Waals surface area contributed by atoms with Crippen LogP contribution in [0.1, 0.15) is 24.7 Å². The van der Waals surface area contributed by atoms with Gasteiger partial charge in [-0.1, -0.05) is 0 Å². The zero-order valence-electron chi connectivity index (χ0n) is 14.6. The number of aliphatic carboxylic acids is 1. The first-order chi connectivity index (χ1) is 12.2. The second kappa shape index (κ2) is 7.07. The van der Waals surface area contributed by atoms with E-state index in [2.05, 4.69) is 26.3 Å². The lowest BCUT2D eigenvalue weighted by Crippen LogP contribution is -2.70. The third-order valence-corrected chi connectivity index (χ3v) is 7.09. The normalized spacial score (nSPS) is 22.2. The van der Waals surface area contributed by atoms with E-state index in [4.69, 9.17) is 0 Å². The summed E-state index contributed by atoms with van der Waals surface area (Å²) in [5, 5.41) is 16.0. The molecule has 2 unspecified atom stereocenters. The van der Waals surface area contributed by atoms with Crippen molar-refractivity contribution in [3.05, 3.63) is 27.1 Å². The number of nitrogens with one attached hydrogen (secondary N) is 1. The molecule has 1 aromatic heterocycles. The number of hydrogen-bond donors (Lipinski definition) is 2. The second-order valence-corrected chi connectivity index (χ2v) is 8.25. The molecule has 3 heterocycles. The first-order valence-electron chi connectivity index (χ1n) is 8.09. The topological polar surface area (TPSA) is 105 Å². The summed E-state index contributed by atoms with van der Waals surface area (Å²) in [6.07, 6.45) is 0.191. The molecule has 2 atom stereocenters. The van der Waals surface area contributed by atoms with Crippen LogP contribution in [0.25, 0.3) is 0 Å². The van der Waals surface area contributed by atoms with Gasteiger partial charge in [-0.25, -0.2) is 4.79 Å². The second-order valence-electron chi connectivity index (χ2n) is 6.35. The van der Waals surface area contributed by atoms with Crippen LogP contribution in [-0.4, -0.2) is 54.7 Å². The van der Waals surface area contributed by atoms with Gasteiger partial charge in [0.2, 0.25) is 5.91 Å². The zero-order chi connectivity index (χ0) is 19.2. The summed E-state index contributed by atoms with van der Waals surface area (Å²) in [7, 11) is 0. The van der Waals surface area contributed by atoms with E-state index in [0.29, 0.717) is 17.9 Å². The lowest BCUT2D eigenvalue weighted by atomic mass is 10.0. The van der Waals surface area contributed by atoms with Gasteiger partial charge in [-0.05, 0) is 42.3 Å². The number of β-lactam (4-membered cyclic amide) rings is 1. The fraction of sp³-hybridized carbons (Fsp3) is 0.500. The fourth-order valence-electron chi connectivity index (χ4n) is 3.12. The number of hydrogen-bond acceptors (Lipinski definition) is 5. The quantitative estimate of drug-likeness (QED) is 0.667. The first-order valence-corrected chi connectivity index (χ1v) is 9.93. The molecule has 26 heavy (non-hydrogen) atoms. The smallest absolute Gasteiger partial charge is 0.352 e. The van der Waals surface area contributed by atoms with E-state index in [-0.39, 0.29) is 29.3 Å². The van der Waals surface area contributed by atoms with Crippen molar-refractivity contribution in [1.29, 1.82) is 0 Å². The van der Waals surface area contributed by atoms with Gasteiger partial charge in [0.25, 0.3) is 5.91 Å². The monoisotopic (exact) mass is 442 g/mol. The maximum atomic E-state index is 12.3. The van der Waals surface area contributed by atoms with Gasteiger partial charge in [0.15, 0.2) is 0 Å². The van der Waals surface area contributed by atoms with Crippen molar-refractivity contribution in [2.45, 2.75) is 45.2 Å². The van der Waals surface area contributed by atoms with Crippen molar-refractivity contribution in [3.63, 3.8) is 0 Å². The molecule has 0 aromatic carbocycles. The van der Waals surface area contributed by atoms with Crippen molar-refractivity contribution in [1.82, 2.24) is 20.0 Å². The van der Waals surface area contributed by atoms with Crippen molar-refractivity contribution < 1.29 is 19.5 Å². The van der Waals surface area contributed by atoms with Gasteiger partial charge in [0, 0.05) is 17.9 Å². The number of amides is 2. The highest BCUT2D eigenvalue weighted by Crippen LogP contribution is 2.40. The highest BCUT2D eigenvalue weighted by Gasteiger charge is 2.53. The Kier molecular flexibility index (Phi) is 5.16.